The second kappa shape index (κ2) is 46.3. The molecule has 0 rings (SSSR count). The standard InChI is InChI=1S/C55H95NO8/c1-6-8-10-12-14-16-18-20-22-23-24-25-26-27-28-29-30-31-32-34-36-38-40-42-44-46-53(58)64-51(50-63-55(54(59)60)61-48-47-56(3,4)5)49-62-52(57)45-43-41-39-37-35-33-21-19-17-15-13-11-9-7-2/h8,10,13-16,19-22,24-25,51,55H,6-7,9,11-12,17-18,23,26-50H2,1-5H3/b10-8-,15-13-,16-14-,21-19-,22-20-,25-24-. The number of carbonyl (C=O) groups is 3. The topological polar surface area (TPSA) is 111 Å². The summed E-state index contributed by atoms with van der Waals surface area (Å²) in [4.78, 5) is 37.1. The Morgan fingerprint density at radius 1 is 0.484 bits per heavy atom. The molecule has 0 aromatic rings. The van der Waals surface area contributed by atoms with Crippen LogP contribution in [0.15, 0.2) is 72.9 Å². The molecule has 0 saturated carbocycles. The van der Waals surface area contributed by atoms with Gasteiger partial charge < -0.3 is 33.3 Å². The molecule has 0 heterocycles. The summed E-state index contributed by atoms with van der Waals surface area (Å²) in [5.41, 5.74) is 0. The zero-order valence-corrected chi connectivity index (χ0v) is 41.6. The quantitative estimate of drug-likeness (QED) is 0.0195. The molecule has 0 amide bonds. The summed E-state index contributed by atoms with van der Waals surface area (Å²) in [6.07, 6.45) is 55.1. The number of aliphatic carboxylic acids is 1. The number of hydrogen-bond acceptors (Lipinski definition) is 8. The Labute approximate surface area is 392 Å². The summed E-state index contributed by atoms with van der Waals surface area (Å²) < 4.78 is 22.6. The van der Waals surface area contributed by atoms with Gasteiger partial charge in [-0.3, -0.25) is 9.59 Å². The van der Waals surface area contributed by atoms with Crippen molar-refractivity contribution in [2.75, 3.05) is 47.5 Å². The summed E-state index contributed by atoms with van der Waals surface area (Å²) >= 11 is 0. The van der Waals surface area contributed by atoms with Crippen LogP contribution < -0.4 is 5.11 Å². The molecular formula is C55H95NO8. The van der Waals surface area contributed by atoms with Crippen LogP contribution in [0.4, 0.5) is 0 Å². The molecule has 0 radical (unpaired) electrons. The Morgan fingerprint density at radius 3 is 1.33 bits per heavy atom. The van der Waals surface area contributed by atoms with E-state index in [4.69, 9.17) is 18.9 Å². The number of unbranched alkanes of at least 4 members (excludes halogenated alkanes) is 19. The smallest absolute Gasteiger partial charge is 0.306 e. The molecule has 0 spiro atoms. The normalized spacial score (nSPS) is 13.5. The van der Waals surface area contributed by atoms with Crippen molar-refractivity contribution in [2.45, 2.75) is 212 Å². The number of carboxylic acids is 1. The number of rotatable bonds is 46. The van der Waals surface area contributed by atoms with Gasteiger partial charge in [0.15, 0.2) is 12.4 Å². The maximum atomic E-state index is 12.8. The van der Waals surface area contributed by atoms with Gasteiger partial charge in [-0.15, -0.1) is 0 Å². The highest BCUT2D eigenvalue weighted by Gasteiger charge is 2.21. The largest absolute Gasteiger partial charge is 0.545 e. The fourth-order valence-corrected chi connectivity index (χ4v) is 6.72. The number of ether oxygens (including phenoxy) is 4. The van der Waals surface area contributed by atoms with Gasteiger partial charge in [0.1, 0.15) is 13.2 Å². The Bertz CT molecular complexity index is 1280. The van der Waals surface area contributed by atoms with Crippen LogP contribution in [0, 0.1) is 0 Å². The number of hydrogen-bond donors (Lipinski definition) is 0. The van der Waals surface area contributed by atoms with Crippen LogP contribution in [0.1, 0.15) is 200 Å². The molecule has 64 heavy (non-hydrogen) atoms. The number of nitrogens with zero attached hydrogens (tertiary/aromatic N) is 1. The molecule has 2 atom stereocenters. The zero-order valence-electron chi connectivity index (χ0n) is 41.6. The molecular weight excluding hydrogens is 803 g/mol. The maximum Gasteiger partial charge on any atom is 0.306 e. The Hall–Kier alpha value is -3.27. The molecule has 0 aromatic carbocycles. The molecule has 368 valence electrons. The van der Waals surface area contributed by atoms with E-state index in [9.17, 15) is 19.5 Å². The summed E-state index contributed by atoms with van der Waals surface area (Å²) in [7, 11) is 5.90. The predicted molar refractivity (Wildman–Crippen MR) is 265 cm³/mol. The predicted octanol–water partition coefficient (Wildman–Crippen LogP) is 12.9. The van der Waals surface area contributed by atoms with Crippen molar-refractivity contribution in [3.63, 3.8) is 0 Å². The van der Waals surface area contributed by atoms with Gasteiger partial charge >= 0.3 is 11.9 Å². The Morgan fingerprint density at radius 2 is 0.891 bits per heavy atom. The number of allylic oxidation sites excluding steroid dienone is 12. The molecule has 0 aliphatic rings. The summed E-state index contributed by atoms with van der Waals surface area (Å²) in [6.45, 7) is 4.57. The number of carbonyl (C=O) groups excluding carboxylic acids is 3. The first-order chi connectivity index (χ1) is 31.1. The van der Waals surface area contributed by atoms with Gasteiger partial charge in [-0.1, -0.05) is 183 Å². The van der Waals surface area contributed by atoms with Crippen molar-refractivity contribution in [3.8, 4) is 0 Å². The fraction of sp³-hybridized carbons (Fsp3) is 0.727. The molecule has 0 aromatic heterocycles. The highest BCUT2D eigenvalue weighted by atomic mass is 16.7. The van der Waals surface area contributed by atoms with E-state index < -0.39 is 24.3 Å². The average Bonchev–Trinajstić information content (AvgIpc) is 3.26. The maximum absolute atomic E-state index is 12.8. The first kappa shape index (κ1) is 60.7. The van der Waals surface area contributed by atoms with Crippen LogP contribution in [0.5, 0.6) is 0 Å². The van der Waals surface area contributed by atoms with Crippen LogP contribution >= 0.6 is 0 Å². The molecule has 0 bridgehead atoms. The average molecular weight is 898 g/mol. The van der Waals surface area contributed by atoms with E-state index in [2.05, 4.69) is 86.8 Å². The van der Waals surface area contributed by atoms with Crippen LogP contribution in [0.25, 0.3) is 0 Å². The van der Waals surface area contributed by atoms with E-state index in [-0.39, 0.29) is 38.6 Å². The highest BCUT2D eigenvalue weighted by molar-refractivity contribution is 5.70. The van der Waals surface area contributed by atoms with Crippen LogP contribution in [-0.2, 0) is 33.3 Å². The van der Waals surface area contributed by atoms with Crippen LogP contribution in [-0.4, -0.2) is 82.3 Å². The molecule has 0 aliphatic carbocycles. The lowest BCUT2D eigenvalue weighted by atomic mass is 10.0. The van der Waals surface area contributed by atoms with Crippen molar-refractivity contribution < 1.29 is 42.9 Å². The summed E-state index contributed by atoms with van der Waals surface area (Å²) in [5.74, 6) is -2.31. The molecule has 2 unspecified atom stereocenters. The van der Waals surface area contributed by atoms with Crippen LogP contribution in [0.2, 0.25) is 0 Å². The van der Waals surface area contributed by atoms with Crippen molar-refractivity contribution in [2.24, 2.45) is 0 Å². The number of carboxylic acid groups (broad SMARTS) is 1. The van der Waals surface area contributed by atoms with Gasteiger partial charge in [0.2, 0.25) is 0 Å². The SMILES string of the molecule is CC/C=C\C/C=C\C/C=C\C/C=C\CCCCCCCCCCCCCCC(=O)OC(COC(=O)CCCCCCC/C=C\C/C=C\CCCC)COC(OCC[N+](C)(C)C)C(=O)[O-]. The van der Waals surface area contributed by atoms with Crippen molar-refractivity contribution in [1.29, 1.82) is 0 Å². The molecule has 0 fully saturated rings. The first-order valence-electron chi connectivity index (χ1n) is 25.6. The van der Waals surface area contributed by atoms with E-state index in [0.29, 0.717) is 17.4 Å². The van der Waals surface area contributed by atoms with Crippen LogP contribution in [0.3, 0.4) is 0 Å². The van der Waals surface area contributed by atoms with E-state index >= 15 is 0 Å². The Balaban J connectivity index is 4.30. The zero-order chi connectivity index (χ0) is 47.0. The minimum Gasteiger partial charge on any atom is -0.545 e. The fourth-order valence-electron chi connectivity index (χ4n) is 6.72. The number of esters is 2. The third kappa shape index (κ3) is 46.7. The number of likely N-dealkylation sites (N-methyl/N-ethyl adjacent to an activating group) is 1. The molecule has 0 saturated heterocycles. The van der Waals surface area contributed by atoms with Gasteiger partial charge in [0, 0.05) is 12.8 Å². The van der Waals surface area contributed by atoms with Gasteiger partial charge in [0.05, 0.1) is 40.3 Å². The lowest BCUT2D eigenvalue weighted by molar-refractivity contribution is -0.870. The van der Waals surface area contributed by atoms with Gasteiger partial charge in [0.25, 0.3) is 0 Å². The third-order valence-electron chi connectivity index (χ3n) is 10.7. The van der Waals surface area contributed by atoms with E-state index in [1.165, 1.54) is 70.6 Å². The third-order valence-corrected chi connectivity index (χ3v) is 10.7. The number of quaternary nitrogens is 1. The highest BCUT2D eigenvalue weighted by Crippen LogP contribution is 2.15. The van der Waals surface area contributed by atoms with E-state index in [1.807, 2.05) is 21.1 Å². The van der Waals surface area contributed by atoms with Gasteiger partial charge in [-0.2, -0.15) is 0 Å². The second-order valence-electron chi connectivity index (χ2n) is 18.1. The second-order valence-corrected chi connectivity index (χ2v) is 18.1. The molecule has 9 heteroatoms. The lowest BCUT2D eigenvalue weighted by Crippen LogP contribution is -2.44. The monoisotopic (exact) mass is 898 g/mol. The lowest BCUT2D eigenvalue weighted by Gasteiger charge is -2.26. The minimum absolute atomic E-state index is 0.142. The minimum atomic E-state index is -1.63. The summed E-state index contributed by atoms with van der Waals surface area (Å²) in [6, 6.07) is 0. The Kier molecular flexibility index (Phi) is 43.9. The molecule has 0 N–H and O–H groups in total. The first-order valence-corrected chi connectivity index (χ1v) is 25.6. The molecule has 0 aliphatic heterocycles. The van der Waals surface area contributed by atoms with Gasteiger partial charge in [-0.25, -0.2) is 0 Å². The van der Waals surface area contributed by atoms with E-state index in [0.717, 1.165) is 96.3 Å². The van der Waals surface area contributed by atoms with Gasteiger partial charge in [-0.05, 0) is 77.0 Å². The van der Waals surface area contributed by atoms with Crippen molar-refractivity contribution >= 4 is 17.9 Å². The van der Waals surface area contributed by atoms with Crippen molar-refractivity contribution in [1.82, 2.24) is 0 Å². The van der Waals surface area contributed by atoms with Crippen molar-refractivity contribution in [3.05, 3.63) is 72.9 Å². The summed E-state index contributed by atoms with van der Waals surface area (Å²) in [5, 5.41) is 11.7. The molecule has 9 nitrogen and oxygen atoms in total. The van der Waals surface area contributed by atoms with E-state index in [1.54, 1.807) is 0 Å².